The number of anilines is 1. The van der Waals surface area contributed by atoms with Gasteiger partial charge < -0.3 is 9.80 Å². The lowest BCUT2D eigenvalue weighted by molar-refractivity contribution is 0.354. The van der Waals surface area contributed by atoms with Gasteiger partial charge >= 0.3 is 0 Å². The molecule has 0 radical (unpaired) electrons. The highest BCUT2D eigenvalue weighted by molar-refractivity contribution is 5.51. The van der Waals surface area contributed by atoms with E-state index in [-0.39, 0.29) is 0 Å². The molecular formula is C21H26N2. The van der Waals surface area contributed by atoms with Crippen LogP contribution in [0.4, 0.5) is 5.69 Å². The summed E-state index contributed by atoms with van der Waals surface area (Å²) in [4.78, 5) is 5.07. The molecule has 2 aliphatic rings. The van der Waals surface area contributed by atoms with E-state index in [1.54, 1.807) is 0 Å². The Hall–Kier alpha value is -1.80. The van der Waals surface area contributed by atoms with Crippen molar-refractivity contribution in [1.29, 1.82) is 0 Å². The van der Waals surface area contributed by atoms with Crippen LogP contribution in [-0.4, -0.2) is 31.1 Å². The molecule has 0 aromatic heterocycles. The van der Waals surface area contributed by atoms with E-state index in [9.17, 15) is 0 Å². The van der Waals surface area contributed by atoms with Gasteiger partial charge in [-0.1, -0.05) is 43.3 Å². The van der Waals surface area contributed by atoms with Crippen LogP contribution in [0.2, 0.25) is 0 Å². The highest BCUT2D eigenvalue weighted by Gasteiger charge is 2.23. The monoisotopic (exact) mass is 306 g/mol. The Morgan fingerprint density at radius 3 is 2.48 bits per heavy atom. The molecule has 1 saturated heterocycles. The highest BCUT2D eigenvalue weighted by atomic mass is 15.1. The zero-order chi connectivity index (χ0) is 15.6. The van der Waals surface area contributed by atoms with E-state index in [0.717, 1.165) is 25.4 Å². The summed E-state index contributed by atoms with van der Waals surface area (Å²) in [5, 5.41) is 0. The molecule has 0 amide bonds. The molecule has 120 valence electrons. The van der Waals surface area contributed by atoms with E-state index >= 15 is 0 Å². The van der Waals surface area contributed by atoms with Crippen molar-refractivity contribution in [2.75, 3.05) is 31.1 Å². The Labute approximate surface area is 139 Å². The highest BCUT2D eigenvalue weighted by Crippen LogP contribution is 2.30. The first-order valence-electron chi connectivity index (χ1n) is 8.97. The summed E-state index contributed by atoms with van der Waals surface area (Å²) >= 11 is 0. The van der Waals surface area contributed by atoms with Gasteiger partial charge in [-0.2, -0.15) is 0 Å². The van der Waals surface area contributed by atoms with Crippen LogP contribution in [0.25, 0.3) is 0 Å². The van der Waals surface area contributed by atoms with Crippen LogP contribution in [0, 0.1) is 0 Å². The molecule has 23 heavy (non-hydrogen) atoms. The molecule has 1 unspecified atom stereocenters. The van der Waals surface area contributed by atoms with Crippen molar-refractivity contribution in [1.82, 2.24) is 4.90 Å². The summed E-state index contributed by atoms with van der Waals surface area (Å²) in [5.41, 5.74) is 5.89. The summed E-state index contributed by atoms with van der Waals surface area (Å²) in [6.07, 6.45) is 2.47. The number of likely N-dealkylation sites (N-methyl/N-ethyl adjacent to an activating group) is 1. The zero-order valence-corrected chi connectivity index (χ0v) is 14.0. The first-order valence-corrected chi connectivity index (χ1v) is 8.97. The summed E-state index contributed by atoms with van der Waals surface area (Å²) in [6, 6.07) is 18.2. The molecule has 4 rings (SSSR count). The third kappa shape index (κ3) is 3.00. The predicted molar refractivity (Wildman–Crippen MR) is 97.1 cm³/mol. The van der Waals surface area contributed by atoms with Crippen molar-refractivity contribution in [2.24, 2.45) is 0 Å². The number of fused-ring (bicyclic) bond motifs is 1. The second kappa shape index (κ2) is 6.37. The summed E-state index contributed by atoms with van der Waals surface area (Å²) < 4.78 is 0. The van der Waals surface area contributed by atoms with Crippen molar-refractivity contribution < 1.29 is 0 Å². The fraction of sp³-hybridized carbons (Fsp3) is 0.429. The maximum atomic E-state index is 2.56. The van der Waals surface area contributed by atoms with Crippen molar-refractivity contribution in [2.45, 2.75) is 32.2 Å². The van der Waals surface area contributed by atoms with Crippen LogP contribution < -0.4 is 4.90 Å². The van der Waals surface area contributed by atoms with Gasteiger partial charge in [0.25, 0.3) is 0 Å². The van der Waals surface area contributed by atoms with Gasteiger partial charge in [0.2, 0.25) is 0 Å². The van der Waals surface area contributed by atoms with Crippen molar-refractivity contribution in [3.05, 3.63) is 65.2 Å². The van der Waals surface area contributed by atoms with E-state index in [4.69, 9.17) is 0 Å². The van der Waals surface area contributed by atoms with E-state index in [1.807, 2.05) is 0 Å². The first kappa shape index (κ1) is 14.8. The molecule has 0 saturated carbocycles. The minimum atomic E-state index is 0.728. The van der Waals surface area contributed by atoms with E-state index in [1.165, 1.54) is 48.4 Å². The van der Waals surface area contributed by atoms with Crippen LogP contribution >= 0.6 is 0 Å². The first-order chi connectivity index (χ1) is 11.3. The Morgan fingerprint density at radius 1 is 0.957 bits per heavy atom. The largest absolute Gasteiger partial charge is 0.367 e. The number of rotatable bonds is 3. The van der Waals surface area contributed by atoms with Crippen LogP contribution in [0.5, 0.6) is 0 Å². The fourth-order valence-corrected chi connectivity index (χ4v) is 4.07. The van der Waals surface area contributed by atoms with E-state index in [2.05, 4.69) is 65.3 Å². The molecule has 2 aromatic rings. The molecule has 1 atom stereocenters. The van der Waals surface area contributed by atoms with Gasteiger partial charge in [0.1, 0.15) is 0 Å². The van der Waals surface area contributed by atoms with Gasteiger partial charge in [0, 0.05) is 25.3 Å². The average molecular weight is 306 g/mol. The second-order valence-electron chi connectivity index (χ2n) is 6.91. The fourth-order valence-electron chi connectivity index (χ4n) is 4.07. The molecule has 0 spiro atoms. The molecule has 0 aliphatic carbocycles. The summed E-state index contributed by atoms with van der Waals surface area (Å²) in [5.74, 6) is 0.728. The zero-order valence-electron chi connectivity index (χ0n) is 14.0. The predicted octanol–water partition coefficient (Wildman–Crippen LogP) is 4.06. The maximum absolute atomic E-state index is 2.56. The lowest BCUT2D eigenvalue weighted by Gasteiger charge is -2.31. The normalized spacial score (nSPS) is 21.4. The smallest absolute Gasteiger partial charge is 0.0432 e. The molecule has 0 bridgehead atoms. The Bertz CT molecular complexity index is 662. The van der Waals surface area contributed by atoms with Crippen LogP contribution in [0.15, 0.2) is 48.5 Å². The van der Waals surface area contributed by atoms with Gasteiger partial charge in [0.15, 0.2) is 0 Å². The summed E-state index contributed by atoms with van der Waals surface area (Å²) in [7, 11) is 0. The molecule has 2 aromatic carbocycles. The Morgan fingerprint density at radius 2 is 1.74 bits per heavy atom. The third-order valence-corrected chi connectivity index (χ3v) is 5.58. The Balaban J connectivity index is 1.47. The molecule has 2 aliphatic heterocycles. The van der Waals surface area contributed by atoms with Crippen molar-refractivity contribution in [3.63, 3.8) is 0 Å². The van der Waals surface area contributed by atoms with Gasteiger partial charge in [-0.05, 0) is 60.7 Å². The molecule has 2 nitrogen and oxygen atoms in total. The minimum Gasteiger partial charge on any atom is -0.367 e. The van der Waals surface area contributed by atoms with Gasteiger partial charge in [-0.25, -0.2) is 0 Å². The molecule has 0 N–H and O–H groups in total. The number of benzene rings is 2. The minimum absolute atomic E-state index is 0.728. The van der Waals surface area contributed by atoms with Crippen LogP contribution in [0.3, 0.4) is 0 Å². The molecular weight excluding hydrogens is 280 g/mol. The summed E-state index contributed by atoms with van der Waals surface area (Å²) in [6.45, 7) is 8.10. The lowest BCUT2D eigenvalue weighted by Crippen LogP contribution is -2.30. The number of likely N-dealkylation sites (tertiary alicyclic amines) is 1. The second-order valence-corrected chi connectivity index (χ2v) is 6.91. The van der Waals surface area contributed by atoms with Crippen LogP contribution in [-0.2, 0) is 13.0 Å². The van der Waals surface area contributed by atoms with Gasteiger partial charge in [0.05, 0.1) is 0 Å². The van der Waals surface area contributed by atoms with E-state index < -0.39 is 0 Å². The van der Waals surface area contributed by atoms with Gasteiger partial charge in [-0.3, -0.25) is 0 Å². The number of hydrogen-bond acceptors (Lipinski definition) is 2. The van der Waals surface area contributed by atoms with Crippen molar-refractivity contribution in [3.8, 4) is 0 Å². The molecule has 2 heteroatoms. The van der Waals surface area contributed by atoms with Gasteiger partial charge in [-0.15, -0.1) is 0 Å². The SMILES string of the molecule is CCN1CCC(c2ccc(N3CCc4ccccc4C3)cc2)C1. The average Bonchev–Trinajstić information content (AvgIpc) is 3.11. The third-order valence-electron chi connectivity index (χ3n) is 5.58. The van der Waals surface area contributed by atoms with E-state index in [0.29, 0.717) is 0 Å². The molecule has 1 fully saturated rings. The quantitative estimate of drug-likeness (QED) is 0.844. The molecule has 2 heterocycles. The number of nitrogens with zero attached hydrogens (tertiary/aromatic N) is 2. The topological polar surface area (TPSA) is 6.48 Å². The maximum Gasteiger partial charge on any atom is 0.0432 e. The number of hydrogen-bond donors (Lipinski definition) is 0. The Kier molecular flexibility index (Phi) is 4.09. The standard InChI is InChI=1S/C21H26N2/c1-2-22-13-11-20(15-22)18-7-9-21(10-8-18)23-14-12-17-5-3-4-6-19(17)16-23/h3-10,20H,2,11-16H2,1H3. The van der Waals surface area contributed by atoms with Crippen molar-refractivity contribution >= 4 is 5.69 Å². The van der Waals surface area contributed by atoms with Crippen LogP contribution in [0.1, 0.15) is 36.0 Å². The lowest BCUT2D eigenvalue weighted by atomic mass is 9.97.